The van der Waals surface area contributed by atoms with Crippen LogP contribution in [-0.4, -0.2) is 43.3 Å². The summed E-state index contributed by atoms with van der Waals surface area (Å²) in [5, 5.41) is 2.99. The van der Waals surface area contributed by atoms with E-state index in [2.05, 4.69) is 5.32 Å². The lowest BCUT2D eigenvalue weighted by atomic mass is 10.1. The van der Waals surface area contributed by atoms with Crippen molar-refractivity contribution in [1.82, 2.24) is 10.2 Å². The van der Waals surface area contributed by atoms with Gasteiger partial charge in [-0.25, -0.2) is 8.42 Å². The number of aryl methyl sites for hydroxylation is 2. The van der Waals surface area contributed by atoms with Crippen molar-refractivity contribution in [3.05, 3.63) is 120 Å². The third kappa shape index (κ3) is 8.97. The van der Waals surface area contributed by atoms with Crippen LogP contribution in [0.2, 0.25) is 0 Å². The molecule has 9 heteroatoms. The maximum absolute atomic E-state index is 14.3. The highest BCUT2D eigenvalue weighted by Gasteiger charge is 2.34. The summed E-state index contributed by atoms with van der Waals surface area (Å²) in [6.45, 7) is 11.0. The average Bonchev–Trinajstić information content (AvgIpc) is 3.01. The normalized spacial score (nSPS) is 12.2. The van der Waals surface area contributed by atoms with Crippen molar-refractivity contribution in [3.8, 4) is 11.5 Å². The Morgan fingerprint density at radius 1 is 0.783 bits per heavy atom. The molecular weight excluding hydrogens is 598 g/mol. The molecule has 4 aromatic rings. The number of ether oxygens (including phenoxy) is 1. The second-order valence-electron chi connectivity index (χ2n) is 12.4. The molecule has 0 aliphatic heterocycles. The van der Waals surface area contributed by atoms with Crippen molar-refractivity contribution in [2.45, 2.75) is 71.0 Å². The first-order valence-electron chi connectivity index (χ1n) is 15.4. The Kier molecular flexibility index (Phi) is 10.9. The zero-order valence-corrected chi connectivity index (χ0v) is 28.2. The number of sulfonamides is 1. The molecule has 0 aliphatic rings. The van der Waals surface area contributed by atoms with Crippen LogP contribution in [0.25, 0.3) is 0 Å². The van der Waals surface area contributed by atoms with E-state index in [1.165, 1.54) is 17.0 Å². The largest absolute Gasteiger partial charge is 0.457 e. The number of carbonyl (C=O) groups is 2. The fourth-order valence-corrected chi connectivity index (χ4v) is 6.35. The minimum atomic E-state index is -4.19. The second kappa shape index (κ2) is 14.6. The number of nitrogens with one attached hydrogen (secondary N) is 1. The molecule has 0 spiro atoms. The highest BCUT2D eigenvalue weighted by atomic mass is 32.2. The number of benzene rings is 4. The fourth-order valence-electron chi connectivity index (χ4n) is 4.93. The molecule has 1 atom stereocenters. The van der Waals surface area contributed by atoms with Crippen LogP contribution in [0.15, 0.2) is 108 Å². The molecule has 0 heterocycles. The lowest BCUT2D eigenvalue weighted by Gasteiger charge is -2.34. The highest BCUT2D eigenvalue weighted by Crippen LogP contribution is 2.29. The SMILES string of the molecule is CC[C@@H](C(=O)NC(C)(C)C)N(Cc1ccc(C)cc1)C(=O)CN(c1ccc(Oc2ccccc2)cc1)S(=O)(=O)c1ccc(C)cc1. The molecule has 4 rings (SSSR count). The molecular formula is C37H43N3O5S. The van der Waals surface area contributed by atoms with Crippen molar-refractivity contribution in [3.63, 3.8) is 0 Å². The van der Waals surface area contributed by atoms with Crippen molar-refractivity contribution in [2.75, 3.05) is 10.8 Å². The van der Waals surface area contributed by atoms with Crippen LogP contribution in [0.3, 0.4) is 0 Å². The smallest absolute Gasteiger partial charge is 0.264 e. The van der Waals surface area contributed by atoms with Gasteiger partial charge >= 0.3 is 0 Å². The second-order valence-corrected chi connectivity index (χ2v) is 14.3. The lowest BCUT2D eigenvalue weighted by molar-refractivity contribution is -0.141. The Morgan fingerprint density at radius 3 is 1.87 bits per heavy atom. The van der Waals surface area contributed by atoms with E-state index in [0.29, 0.717) is 17.9 Å². The topological polar surface area (TPSA) is 96.0 Å². The van der Waals surface area contributed by atoms with Gasteiger partial charge in [-0.3, -0.25) is 13.9 Å². The summed E-state index contributed by atoms with van der Waals surface area (Å²) in [5.74, 6) is 0.350. The van der Waals surface area contributed by atoms with Crippen molar-refractivity contribution in [1.29, 1.82) is 0 Å². The lowest BCUT2D eigenvalue weighted by Crippen LogP contribution is -2.55. The Balaban J connectivity index is 1.73. The average molecular weight is 642 g/mol. The van der Waals surface area contributed by atoms with Gasteiger partial charge in [0.15, 0.2) is 0 Å². The Morgan fingerprint density at radius 2 is 1.33 bits per heavy atom. The molecule has 0 saturated heterocycles. The molecule has 0 unspecified atom stereocenters. The van der Waals surface area contributed by atoms with Crippen LogP contribution < -0.4 is 14.4 Å². The molecule has 0 radical (unpaired) electrons. The number of amides is 2. The van der Waals surface area contributed by atoms with Crippen molar-refractivity contribution < 1.29 is 22.7 Å². The van der Waals surface area contributed by atoms with Crippen LogP contribution in [0.4, 0.5) is 5.69 Å². The zero-order chi connectivity index (χ0) is 33.5. The molecule has 0 fully saturated rings. The first kappa shape index (κ1) is 34.2. The third-order valence-electron chi connectivity index (χ3n) is 7.35. The fraction of sp³-hybridized carbons (Fsp3) is 0.297. The maximum Gasteiger partial charge on any atom is 0.264 e. The predicted octanol–water partition coefficient (Wildman–Crippen LogP) is 7.01. The minimum absolute atomic E-state index is 0.0538. The summed E-state index contributed by atoms with van der Waals surface area (Å²) < 4.78 is 35.4. The van der Waals surface area contributed by atoms with Gasteiger partial charge in [0.25, 0.3) is 10.0 Å². The summed E-state index contributed by atoms with van der Waals surface area (Å²) in [7, 11) is -4.19. The molecule has 8 nitrogen and oxygen atoms in total. The Hall–Kier alpha value is -4.63. The van der Waals surface area contributed by atoms with Crippen LogP contribution in [-0.2, 0) is 26.2 Å². The summed E-state index contributed by atoms with van der Waals surface area (Å²) in [6, 6.07) is 29.2. The number of hydrogen-bond acceptors (Lipinski definition) is 5. The predicted molar refractivity (Wildman–Crippen MR) is 182 cm³/mol. The number of nitrogens with zero attached hydrogens (tertiary/aromatic N) is 2. The van der Waals surface area contributed by atoms with Crippen LogP contribution in [0.5, 0.6) is 11.5 Å². The van der Waals surface area contributed by atoms with Gasteiger partial charge in [0.05, 0.1) is 10.6 Å². The number of rotatable bonds is 12. The van der Waals surface area contributed by atoms with Crippen molar-refractivity contribution in [2.24, 2.45) is 0 Å². The highest BCUT2D eigenvalue weighted by molar-refractivity contribution is 7.92. The van der Waals surface area contributed by atoms with E-state index in [1.807, 2.05) is 96.1 Å². The van der Waals surface area contributed by atoms with Crippen LogP contribution in [0.1, 0.15) is 50.8 Å². The summed E-state index contributed by atoms with van der Waals surface area (Å²) in [5.41, 5.74) is 2.57. The van der Waals surface area contributed by atoms with Gasteiger partial charge in [-0.2, -0.15) is 0 Å². The monoisotopic (exact) mass is 641 g/mol. The third-order valence-corrected chi connectivity index (χ3v) is 9.14. The Labute approximate surface area is 273 Å². The van der Waals surface area contributed by atoms with E-state index in [-0.39, 0.29) is 23.0 Å². The van der Waals surface area contributed by atoms with Gasteiger partial charge in [-0.05, 0) is 95.1 Å². The van der Waals surface area contributed by atoms with E-state index in [9.17, 15) is 18.0 Å². The van der Waals surface area contributed by atoms with Crippen LogP contribution in [0, 0.1) is 13.8 Å². The van der Waals surface area contributed by atoms with Gasteiger partial charge in [0.2, 0.25) is 11.8 Å². The quantitative estimate of drug-likeness (QED) is 0.180. The summed E-state index contributed by atoms with van der Waals surface area (Å²) in [4.78, 5) is 29.4. The van der Waals surface area contributed by atoms with E-state index >= 15 is 0 Å². The first-order chi connectivity index (χ1) is 21.8. The summed E-state index contributed by atoms with van der Waals surface area (Å²) in [6.07, 6.45) is 0.343. The van der Waals surface area contributed by atoms with E-state index in [1.54, 1.807) is 36.4 Å². The van der Waals surface area contributed by atoms with Crippen LogP contribution >= 0.6 is 0 Å². The summed E-state index contributed by atoms with van der Waals surface area (Å²) >= 11 is 0. The zero-order valence-electron chi connectivity index (χ0n) is 27.4. The van der Waals surface area contributed by atoms with Crippen molar-refractivity contribution >= 4 is 27.5 Å². The number of carbonyl (C=O) groups excluding carboxylic acids is 2. The van der Waals surface area contributed by atoms with E-state index in [0.717, 1.165) is 21.0 Å². The number of anilines is 1. The van der Waals surface area contributed by atoms with E-state index < -0.39 is 34.1 Å². The van der Waals surface area contributed by atoms with Gasteiger partial charge < -0.3 is 15.0 Å². The number of hydrogen-bond donors (Lipinski definition) is 1. The van der Waals surface area contributed by atoms with E-state index in [4.69, 9.17) is 4.74 Å². The van der Waals surface area contributed by atoms with Gasteiger partial charge in [-0.1, -0.05) is 72.6 Å². The Bertz CT molecular complexity index is 1720. The molecule has 0 aliphatic carbocycles. The molecule has 0 saturated carbocycles. The standard InChI is InChI=1S/C37H43N3O5S/c1-7-34(36(42)38-37(4,5)6)39(25-29-17-13-27(2)14-18-29)35(41)26-40(46(43,44)33-23-15-28(3)16-24-33)30-19-21-32(22-20-30)45-31-11-9-8-10-12-31/h8-24,34H,7,25-26H2,1-6H3,(H,38,42)/t34-/m0/s1. The molecule has 242 valence electrons. The number of para-hydroxylation sites is 1. The molecule has 0 aromatic heterocycles. The molecule has 2 amide bonds. The van der Waals surface area contributed by atoms with Gasteiger partial charge in [-0.15, -0.1) is 0 Å². The molecule has 46 heavy (non-hydrogen) atoms. The molecule has 0 bridgehead atoms. The minimum Gasteiger partial charge on any atom is -0.457 e. The molecule has 1 N–H and O–H groups in total. The first-order valence-corrected chi connectivity index (χ1v) is 16.8. The van der Waals surface area contributed by atoms with Gasteiger partial charge in [0.1, 0.15) is 24.1 Å². The van der Waals surface area contributed by atoms with Gasteiger partial charge in [0, 0.05) is 12.1 Å². The molecule has 4 aromatic carbocycles. The maximum atomic E-state index is 14.3.